The fraction of sp³-hybridized carbons (Fsp3) is 0.500. The zero-order valence-corrected chi connectivity index (χ0v) is 12.0. The molecule has 1 aromatic carbocycles. The minimum absolute atomic E-state index is 0.202. The Morgan fingerprint density at radius 3 is 2.90 bits per heavy atom. The number of aromatic nitrogens is 2. The number of carboxylic acid groups (broad SMARTS) is 1. The van der Waals surface area contributed by atoms with Gasteiger partial charge in [0.15, 0.2) is 0 Å². The van der Waals surface area contributed by atoms with Crippen molar-refractivity contribution in [2.75, 3.05) is 0 Å². The van der Waals surface area contributed by atoms with Crippen LogP contribution in [0.3, 0.4) is 0 Å². The number of aliphatic carboxylic acids is 1. The lowest BCUT2D eigenvalue weighted by molar-refractivity contribution is -0.141. The molecule has 1 aromatic heterocycles. The number of carbonyl (C=O) groups is 1. The molecule has 1 aliphatic rings. The third-order valence-electron chi connectivity index (χ3n) is 4.40. The van der Waals surface area contributed by atoms with E-state index in [9.17, 15) is 4.79 Å². The van der Waals surface area contributed by atoms with E-state index >= 15 is 0 Å². The maximum Gasteiger partial charge on any atom is 0.306 e. The number of carboxylic acids is 1. The van der Waals surface area contributed by atoms with Gasteiger partial charge in [0, 0.05) is 12.5 Å². The summed E-state index contributed by atoms with van der Waals surface area (Å²) in [5.74, 6) is 0.481. The van der Waals surface area contributed by atoms with Crippen molar-refractivity contribution in [2.24, 2.45) is 5.92 Å². The molecule has 0 bridgehead atoms. The van der Waals surface area contributed by atoms with Crippen LogP contribution < -0.4 is 0 Å². The largest absolute Gasteiger partial charge is 0.481 e. The van der Waals surface area contributed by atoms with Gasteiger partial charge < -0.3 is 9.67 Å². The molecule has 1 heterocycles. The van der Waals surface area contributed by atoms with Gasteiger partial charge in [-0.25, -0.2) is 4.98 Å². The van der Waals surface area contributed by atoms with Gasteiger partial charge in [0.25, 0.3) is 0 Å². The van der Waals surface area contributed by atoms with Crippen molar-refractivity contribution in [1.82, 2.24) is 9.55 Å². The van der Waals surface area contributed by atoms with Crippen LogP contribution in [-0.2, 0) is 11.3 Å². The van der Waals surface area contributed by atoms with Gasteiger partial charge >= 0.3 is 5.97 Å². The Hall–Kier alpha value is -1.84. The van der Waals surface area contributed by atoms with Gasteiger partial charge in [-0.15, -0.1) is 0 Å². The lowest BCUT2D eigenvalue weighted by Crippen LogP contribution is -2.11. The smallest absolute Gasteiger partial charge is 0.306 e. The van der Waals surface area contributed by atoms with Crippen molar-refractivity contribution in [3.63, 3.8) is 0 Å². The van der Waals surface area contributed by atoms with Crippen LogP contribution in [0.4, 0.5) is 0 Å². The first-order valence-corrected chi connectivity index (χ1v) is 7.29. The van der Waals surface area contributed by atoms with Crippen LogP contribution in [0.25, 0.3) is 11.0 Å². The minimum atomic E-state index is -0.664. The van der Waals surface area contributed by atoms with Crippen molar-refractivity contribution in [1.29, 1.82) is 0 Å². The molecule has 0 saturated heterocycles. The van der Waals surface area contributed by atoms with E-state index in [1.807, 2.05) is 0 Å². The molecular formula is C16H20N2O2. The SMILES string of the molecule is CCn1c(C2CCC(C(=O)O)C2)nc2cc(C)ccc21. The van der Waals surface area contributed by atoms with Crippen LogP contribution in [0.1, 0.15) is 43.5 Å². The monoisotopic (exact) mass is 272 g/mol. The highest BCUT2D eigenvalue weighted by molar-refractivity contribution is 5.77. The zero-order valence-electron chi connectivity index (χ0n) is 12.0. The van der Waals surface area contributed by atoms with E-state index in [0.29, 0.717) is 0 Å². The molecule has 20 heavy (non-hydrogen) atoms. The number of fused-ring (bicyclic) bond motifs is 1. The van der Waals surface area contributed by atoms with E-state index in [1.165, 1.54) is 5.56 Å². The average molecular weight is 272 g/mol. The molecule has 0 radical (unpaired) electrons. The maximum atomic E-state index is 11.1. The summed E-state index contributed by atoms with van der Waals surface area (Å²) >= 11 is 0. The van der Waals surface area contributed by atoms with E-state index in [2.05, 4.69) is 36.6 Å². The maximum absolute atomic E-state index is 11.1. The summed E-state index contributed by atoms with van der Waals surface area (Å²) in [6.45, 7) is 5.07. The van der Waals surface area contributed by atoms with Crippen molar-refractivity contribution in [3.8, 4) is 0 Å². The Bertz CT molecular complexity index is 660. The van der Waals surface area contributed by atoms with Gasteiger partial charge in [-0.2, -0.15) is 0 Å². The van der Waals surface area contributed by atoms with Gasteiger partial charge in [-0.05, 0) is 50.8 Å². The normalized spacial score (nSPS) is 22.5. The minimum Gasteiger partial charge on any atom is -0.481 e. The molecule has 2 atom stereocenters. The summed E-state index contributed by atoms with van der Waals surface area (Å²) in [4.78, 5) is 15.9. The number of aryl methyl sites for hydroxylation is 2. The standard InChI is InChI=1S/C16H20N2O2/c1-3-18-14-7-4-10(2)8-13(14)17-15(18)11-5-6-12(9-11)16(19)20/h4,7-8,11-12H,3,5-6,9H2,1-2H3,(H,19,20). The van der Waals surface area contributed by atoms with E-state index in [0.717, 1.165) is 42.7 Å². The second kappa shape index (κ2) is 4.93. The molecule has 4 nitrogen and oxygen atoms in total. The first-order chi connectivity index (χ1) is 9.60. The fourth-order valence-corrected chi connectivity index (χ4v) is 3.34. The molecule has 1 saturated carbocycles. The number of hydrogen-bond acceptors (Lipinski definition) is 2. The lowest BCUT2D eigenvalue weighted by Gasteiger charge is -2.12. The summed E-state index contributed by atoms with van der Waals surface area (Å²) in [7, 11) is 0. The van der Waals surface area contributed by atoms with Crippen molar-refractivity contribution < 1.29 is 9.90 Å². The van der Waals surface area contributed by atoms with Crippen molar-refractivity contribution in [2.45, 2.75) is 45.6 Å². The van der Waals surface area contributed by atoms with Crippen LogP contribution in [0, 0.1) is 12.8 Å². The second-order valence-corrected chi connectivity index (χ2v) is 5.75. The molecule has 2 aromatic rings. The zero-order chi connectivity index (χ0) is 14.3. The first-order valence-electron chi connectivity index (χ1n) is 7.29. The second-order valence-electron chi connectivity index (χ2n) is 5.75. The topological polar surface area (TPSA) is 55.1 Å². The van der Waals surface area contributed by atoms with Crippen molar-refractivity contribution in [3.05, 3.63) is 29.6 Å². The number of hydrogen-bond donors (Lipinski definition) is 1. The van der Waals surface area contributed by atoms with Crippen molar-refractivity contribution >= 4 is 17.0 Å². The Labute approximate surface area is 118 Å². The van der Waals surface area contributed by atoms with Crippen LogP contribution >= 0.6 is 0 Å². The van der Waals surface area contributed by atoms with Crippen LogP contribution in [0.15, 0.2) is 18.2 Å². The molecule has 0 spiro atoms. The van der Waals surface area contributed by atoms with Crippen LogP contribution in [0.2, 0.25) is 0 Å². The van der Waals surface area contributed by atoms with Gasteiger partial charge in [0.1, 0.15) is 5.82 Å². The number of rotatable bonds is 3. The van der Waals surface area contributed by atoms with Crippen LogP contribution in [-0.4, -0.2) is 20.6 Å². The highest BCUT2D eigenvalue weighted by atomic mass is 16.4. The molecule has 2 unspecified atom stereocenters. The Balaban J connectivity index is 2.01. The van der Waals surface area contributed by atoms with Crippen LogP contribution in [0.5, 0.6) is 0 Å². The number of imidazole rings is 1. The van der Waals surface area contributed by atoms with E-state index in [4.69, 9.17) is 10.1 Å². The quantitative estimate of drug-likeness (QED) is 0.932. The molecule has 0 aliphatic heterocycles. The van der Waals surface area contributed by atoms with Gasteiger partial charge in [-0.1, -0.05) is 6.07 Å². The summed E-state index contributed by atoms with van der Waals surface area (Å²) in [6, 6.07) is 6.33. The van der Waals surface area contributed by atoms with E-state index < -0.39 is 5.97 Å². The molecule has 1 fully saturated rings. The lowest BCUT2D eigenvalue weighted by atomic mass is 10.0. The molecule has 3 rings (SSSR count). The highest BCUT2D eigenvalue weighted by Crippen LogP contribution is 2.39. The summed E-state index contributed by atoms with van der Waals surface area (Å²) in [5.41, 5.74) is 3.40. The Morgan fingerprint density at radius 2 is 2.25 bits per heavy atom. The molecule has 1 aliphatic carbocycles. The molecule has 4 heteroatoms. The molecule has 0 amide bonds. The fourth-order valence-electron chi connectivity index (χ4n) is 3.34. The predicted molar refractivity (Wildman–Crippen MR) is 77.9 cm³/mol. The molecule has 106 valence electrons. The summed E-state index contributed by atoms with van der Waals surface area (Å²) < 4.78 is 2.24. The number of nitrogens with zero attached hydrogens (tertiary/aromatic N) is 2. The predicted octanol–water partition coefficient (Wildman–Crippen LogP) is 3.33. The van der Waals surface area contributed by atoms with Gasteiger partial charge in [0.2, 0.25) is 0 Å². The van der Waals surface area contributed by atoms with Gasteiger partial charge in [0.05, 0.1) is 17.0 Å². The van der Waals surface area contributed by atoms with Gasteiger partial charge in [-0.3, -0.25) is 4.79 Å². The molecular weight excluding hydrogens is 252 g/mol. The number of benzene rings is 1. The first kappa shape index (κ1) is 13.2. The van der Waals surface area contributed by atoms with E-state index in [-0.39, 0.29) is 11.8 Å². The molecule has 1 N–H and O–H groups in total. The summed E-state index contributed by atoms with van der Waals surface area (Å²) in [5, 5.41) is 9.15. The van der Waals surface area contributed by atoms with E-state index in [1.54, 1.807) is 0 Å². The average Bonchev–Trinajstić information content (AvgIpc) is 3.01. The Morgan fingerprint density at radius 1 is 1.45 bits per heavy atom. The summed E-state index contributed by atoms with van der Waals surface area (Å²) in [6.07, 6.45) is 2.42. The third-order valence-corrected chi connectivity index (χ3v) is 4.40. The Kier molecular flexibility index (Phi) is 3.24. The highest BCUT2D eigenvalue weighted by Gasteiger charge is 2.33. The third kappa shape index (κ3) is 2.09.